The zero-order valence-corrected chi connectivity index (χ0v) is 30.4. The maximum atomic E-state index is 5.27. The molecule has 0 aliphatic heterocycles. The van der Waals surface area contributed by atoms with Gasteiger partial charge in [-0.15, -0.1) is 0 Å². The number of nitrogens with zero attached hydrogens (tertiary/aromatic N) is 1. The van der Waals surface area contributed by atoms with Gasteiger partial charge in [0.05, 0.1) is 11.4 Å². The Morgan fingerprint density at radius 3 is 1.52 bits per heavy atom. The van der Waals surface area contributed by atoms with Crippen molar-refractivity contribution in [3.05, 3.63) is 199 Å². The van der Waals surface area contributed by atoms with Crippen LogP contribution in [0, 0.1) is 0 Å². The molecule has 1 fully saturated rings. The number of hydrogen-bond acceptors (Lipinski definition) is 1. The Labute approximate surface area is 318 Å². The molecule has 7 aromatic carbocycles. The van der Waals surface area contributed by atoms with Crippen molar-refractivity contribution in [1.82, 2.24) is 4.98 Å². The predicted octanol–water partition coefficient (Wildman–Crippen LogP) is 14.3. The van der Waals surface area contributed by atoms with Gasteiger partial charge in [0, 0.05) is 16.5 Å². The molecule has 1 spiro atoms. The van der Waals surface area contributed by atoms with Crippen molar-refractivity contribution in [3.8, 4) is 78.1 Å². The second kappa shape index (κ2) is 13.6. The van der Waals surface area contributed by atoms with Gasteiger partial charge in [0.15, 0.2) is 0 Å². The second-order valence-electron chi connectivity index (χ2n) is 15.0. The summed E-state index contributed by atoms with van der Waals surface area (Å²) >= 11 is 0. The van der Waals surface area contributed by atoms with Gasteiger partial charge in [-0.2, -0.15) is 0 Å². The van der Waals surface area contributed by atoms with Gasteiger partial charge in [0.1, 0.15) is 0 Å². The lowest BCUT2D eigenvalue weighted by Gasteiger charge is -2.36. The minimum Gasteiger partial charge on any atom is -0.248 e. The standard InChI is InChI=1S/C53H41N/c1-5-15-37(16-6-1)44-35-51(41-19-9-3-10-20-41)54-52(36-44)43-27-29-45(39-17-7-2-8-18-39)47(34-43)40-25-23-38(24-26-40)42-28-30-50-48(33-42)46-21-11-12-22-49(46)53(50)31-13-4-14-32-53/h1-3,5-12,15-30,33-36H,4,13-14,31-32H2. The molecule has 10 rings (SSSR count). The smallest absolute Gasteiger partial charge is 0.0715 e. The lowest BCUT2D eigenvalue weighted by atomic mass is 9.68. The van der Waals surface area contributed by atoms with Crippen LogP contribution in [-0.2, 0) is 5.41 Å². The Morgan fingerprint density at radius 2 is 0.796 bits per heavy atom. The highest BCUT2D eigenvalue weighted by Gasteiger charge is 2.43. The minimum atomic E-state index is 0.183. The molecule has 1 heteroatoms. The van der Waals surface area contributed by atoms with Crippen LogP contribution < -0.4 is 0 Å². The lowest BCUT2D eigenvalue weighted by molar-refractivity contribution is 0.353. The Kier molecular flexibility index (Phi) is 8.14. The van der Waals surface area contributed by atoms with Crippen LogP contribution in [0.1, 0.15) is 43.2 Å². The van der Waals surface area contributed by atoms with Gasteiger partial charge in [-0.3, -0.25) is 0 Å². The van der Waals surface area contributed by atoms with E-state index in [0.29, 0.717) is 0 Å². The Morgan fingerprint density at radius 1 is 0.296 bits per heavy atom. The number of fused-ring (bicyclic) bond motifs is 5. The van der Waals surface area contributed by atoms with E-state index < -0.39 is 0 Å². The van der Waals surface area contributed by atoms with Gasteiger partial charge >= 0.3 is 0 Å². The van der Waals surface area contributed by atoms with E-state index >= 15 is 0 Å². The van der Waals surface area contributed by atoms with Crippen LogP contribution in [0.3, 0.4) is 0 Å². The molecule has 0 amide bonds. The molecular weight excluding hydrogens is 651 g/mol. The summed E-state index contributed by atoms with van der Waals surface area (Å²) < 4.78 is 0. The van der Waals surface area contributed by atoms with Gasteiger partial charge < -0.3 is 0 Å². The van der Waals surface area contributed by atoms with Crippen molar-refractivity contribution in [1.29, 1.82) is 0 Å². The molecule has 0 unspecified atom stereocenters. The minimum absolute atomic E-state index is 0.183. The molecule has 0 atom stereocenters. The Bertz CT molecular complexity index is 2540. The third-order valence-electron chi connectivity index (χ3n) is 11.9. The maximum absolute atomic E-state index is 5.27. The quantitative estimate of drug-likeness (QED) is 0.169. The molecule has 0 bridgehead atoms. The first-order valence-corrected chi connectivity index (χ1v) is 19.4. The fourth-order valence-corrected chi connectivity index (χ4v) is 9.22. The zero-order chi connectivity index (χ0) is 35.9. The third kappa shape index (κ3) is 5.69. The van der Waals surface area contributed by atoms with E-state index in [1.165, 1.54) is 87.7 Å². The average Bonchev–Trinajstić information content (AvgIpc) is 3.52. The van der Waals surface area contributed by atoms with Gasteiger partial charge in [0.25, 0.3) is 0 Å². The highest BCUT2D eigenvalue weighted by Crippen LogP contribution is 2.56. The van der Waals surface area contributed by atoms with Crippen molar-refractivity contribution < 1.29 is 0 Å². The van der Waals surface area contributed by atoms with Gasteiger partial charge in [-0.1, -0.05) is 183 Å². The van der Waals surface area contributed by atoms with Crippen LogP contribution in [-0.4, -0.2) is 4.98 Å². The van der Waals surface area contributed by atoms with Crippen molar-refractivity contribution in [2.75, 3.05) is 0 Å². The average molecular weight is 692 g/mol. The van der Waals surface area contributed by atoms with Crippen LogP contribution in [0.5, 0.6) is 0 Å². The zero-order valence-electron chi connectivity index (χ0n) is 30.4. The van der Waals surface area contributed by atoms with Crippen LogP contribution >= 0.6 is 0 Å². The van der Waals surface area contributed by atoms with E-state index in [2.05, 4.69) is 188 Å². The number of rotatable bonds is 6. The molecule has 0 radical (unpaired) electrons. The van der Waals surface area contributed by atoms with E-state index in [0.717, 1.165) is 28.1 Å². The Balaban J connectivity index is 1.07. The normalized spacial score (nSPS) is 14.1. The molecule has 0 N–H and O–H groups in total. The highest BCUT2D eigenvalue weighted by atomic mass is 14.7. The van der Waals surface area contributed by atoms with Crippen molar-refractivity contribution >= 4 is 0 Å². The van der Waals surface area contributed by atoms with Crippen molar-refractivity contribution in [2.24, 2.45) is 0 Å². The SMILES string of the molecule is c1ccc(-c2cc(-c3ccccc3)nc(-c3ccc(-c4ccccc4)c(-c4ccc(-c5ccc6c(c5)-c5ccccc5C65CCCCC5)cc4)c3)c2)cc1. The van der Waals surface area contributed by atoms with Crippen molar-refractivity contribution in [3.63, 3.8) is 0 Å². The first-order chi connectivity index (χ1) is 26.7. The van der Waals surface area contributed by atoms with Crippen molar-refractivity contribution in [2.45, 2.75) is 37.5 Å². The predicted molar refractivity (Wildman–Crippen MR) is 226 cm³/mol. The van der Waals surface area contributed by atoms with Crippen LogP contribution in [0.2, 0.25) is 0 Å². The second-order valence-corrected chi connectivity index (χ2v) is 15.0. The van der Waals surface area contributed by atoms with E-state index in [1.54, 1.807) is 5.56 Å². The molecule has 1 saturated carbocycles. The summed E-state index contributed by atoms with van der Waals surface area (Å²) in [6.07, 6.45) is 6.49. The van der Waals surface area contributed by atoms with Gasteiger partial charge in [-0.05, 0) is 104 Å². The summed E-state index contributed by atoms with van der Waals surface area (Å²) in [7, 11) is 0. The topological polar surface area (TPSA) is 12.9 Å². The molecule has 1 aromatic heterocycles. The molecule has 258 valence electrons. The summed E-state index contributed by atoms with van der Waals surface area (Å²) in [5.41, 5.74) is 19.9. The molecule has 8 aromatic rings. The largest absolute Gasteiger partial charge is 0.248 e. The summed E-state index contributed by atoms with van der Waals surface area (Å²) in [6.45, 7) is 0. The summed E-state index contributed by atoms with van der Waals surface area (Å²) in [6, 6.07) is 68.8. The fraction of sp³-hybridized carbons (Fsp3) is 0.113. The highest BCUT2D eigenvalue weighted by molar-refractivity contribution is 5.89. The van der Waals surface area contributed by atoms with Crippen LogP contribution in [0.4, 0.5) is 0 Å². The lowest BCUT2D eigenvalue weighted by Crippen LogP contribution is -2.27. The number of benzene rings is 7. The summed E-state index contributed by atoms with van der Waals surface area (Å²) in [5, 5.41) is 0. The monoisotopic (exact) mass is 691 g/mol. The van der Waals surface area contributed by atoms with E-state index in [1.807, 2.05) is 0 Å². The maximum Gasteiger partial charge on any atom is 0.0715 e. The van der Waals surface area contributed by atoms with E-state index in [-0.39, 0.29) is 5.41 Å². The molecule has 1 nitrogen and oxygen atoms in total. The third-order valence-corrected chi connectivity index (χ3v) is 11.9. The van der Waals surface area contributed by atoms with Gasteiger partial charge in [-0.25, -0.2) is 4.98 Å². The van der Waals surface area contributed by atoms with E-state index in [4.69, 9.17) is 4.98 Å². The summed E-state index contributed by atoms with van der Waals surface area (Å²) in [5.74, 6) is 0. The molecule has 54 heavy (non-hydrogen) atoms. The number of pyridine rings is 1. The van der Waals surface area contributed by atoms with E-state index in [9.17, 15) is 0 Å². The first-order valence-electron chi connectivity index (χ1n) is 19.4. The van der Waals surface area contributed by atoms with Crippen LogP contribution in [0.15, 0.2) is 188 Å². The van der Waals surface area contributed by atoms with Gasteiger partial charge in [0.2, 0.25) is 0 Å². The number of hydrogen-bond donors (Lipinski definition) is 0. The number of aromatic nitrogens is 1. The molecular formula is C53H41N. The molecule has 2 aliphatic rings. The first kappa shape index (κ1) is 32.3. The fourth-order valence-electron chi connectivity index (χ4n) is 9.22. The molecule has 2 aliphatic carbocycles. The van der Waals surface area contributed by atoms with Crippen LogP contribution in [0.25, 0.3) is 78.1 Å². The summed E-state index contributed by atoms with van der Waals surface area (Å²) in [4.78, 5) is 5.27. The molecule has 0 saturated heterocycles. The molecule has 1 heterocycles. The Hall–Kier alpha value is -6.31.